The zero-order valence-corrected chi connectivity index (χ0v) is 12.6. The van der Waals surface area contributed by atoms with Crippen LogP contribution in [0.3, 0.4) is 0 Å². The number of carbonyl (C=O) groups excluding carboxylic acids is 2. The Kier molecular flexibility index (Phi) is 4.93. The molecule has 2 rings (SSSR count). The van der Waals surface area contributed by atoms with E-state index in [1.165, 1.54) is 23.5 Å². The van der Waals surface area contributed by atoms with E-state index < -0.39 is 24.3 Å². The minimum atomic E-state index is -0.656. The average molecular weight is 328 g/mol. The number of thiophene rings is 1. The fourth-order valence-electron chi connectivity index (χ4n) is 1.56. The van der Waals surface area contributed by atoms with Crippen molar-refractivity contribution in [3.05, 3.63) is 50.9 Å². The Morgan fingerprint density at radius 3 is 2.76 bits per heavy atom. The number of carbonyl (C=O) groups is 2. The van der Waals surface area contributed by atoms with Gasteiger partial charge in [-0.1, -0.05) is 11.6 Å². The first-order valence-corrected chi connectivity index (χ1v) is 7.19. The molecule has 0 unspecified atom stereocenters. The van der Waals surface area contributed by atoms with Crippen molar-refractivity contribution in [1.82, 2.24) is 0 Å². The van der Waals surface area contributed by atoms with Crippen LogP contribution in [0.15, 0.2) is 29.6 Å². The van der Waals surface area contributed by atoms with Gasteiger partial charge in [-0.05, 0) is 42.1 Å². The summed E-state index contributed by atoms with van der Waals surface area (Å²) in [6.07, 6.45) is 0. The number of aryl methyl sites for hydroxylation is 1. The SMILES string of the molecule is Cc1ccsc1C(=O)OCC(=O)Nc1ccc(Cl)cc1F. The molecule has 1 amide bonds. The maximum atomic E-state index is 13.5. The lowest BCUT2D eigenvalue weighted by atomic mass is 10.3. The van der Waals surface area contributed by atoms with Gasteiger partial charge in [0.25, 0.3) is 5.91 Å². The van der Waals surface area contributed by atoms with Crippen LogP contribution in [0.25, 0.3) is 0 Å². The molecule has 21 heavy (non-hydrogen) atoms. The Balaban J connectivity index is 1.90. The summed E-state index contributed by atoms with van der Waals surface area (Å²) in [6.45, 7) is 1.29. The summed E-state index contributed by atoms with van der Waals surface area (Å²) in [6, 6.07) is 5.64. The molecule has 110 valence electrons. The number of halogens is 2. The zero-order valence-electron chi connectivity index (χ0n) is 11.0. The Morgan fingerprint density at radius 1 is 1.38 bits per heavy atom. The molecule has 1 aromatic carbocycles. The molecular weight excluding hydrogens is 317 g/mol. The molecule has 0 saturated carbocycles. The topological polar surface area (TPSA) is 55.4 Å². The van der Waals surface area contributed by atoms with Crippen LogP contribution in [-0.2, 0) is 9.53 Å². The molecule has 0 aliphatic carbocycles. The number of amides is 1. The summed E-state index contributed by atoms with van der Waals surface area (Å²) in [5, 5.41) is 4.29. The standard InChI is InChI=1S/C14H11ClFNO3S/c1-8-4-5-21-13(8)14(19)20-7-12(18)17-11-3-2-9(15)6-10(11)16/h2-6H,7H2,1H3,(H,17,18). The molecule has 1 N–H and O–H groups in total. The summed E-state index contributed by atoms with van der Waals surface area (Å²) in [7, 11) is 0. The fraction of sp³-hybridized carbons (Fsp3) is 0.143. The van der Waals surface area contributed by atoms with Gasteiger partial charge in [0.15, 0.2) is 6.61 Å². The first kappa shape index (κ1) is 15.5. The molecule has 0 radical (unpaired) electrons. The van der Waals surface area contributed by atoms with Gasteiger partial charge < -0.3 is 10.1 Å². The third-order valence-corrected chi connectivity index (χ3v) is 3.82. The quantitative estimate of drug-likeness (QED) is 0.872. The second-order valence-electron chi connectivity index (χ2n) is 4.18. The highest BCUT2D eigenvalue weighted by molar-refractivity contribution is 7.12. The molecule has 1 aromatic heterocycles. The van der Waals surface area contributed by atoms with E-state index in [0.29, 0.717) is 4.88 Å². The van der Waals surface area contributed by atoms with Crippen molar-refractivity contribution < 1.29 is 18.7 Å². The van der Waals surface area contributed by atoms with E-state index >= 15 is 0 Å². The number of hydrogen-bond acceptors (Lipinski definition) is 4. The second-order valence-corrected chi connectivity index (χ2v) is 5.53. The van der Waals surface area contributed by atoms with Crippen LogP contribution in [0.2, 0.25) is 5.02 Å². The predicted octanol–water partition coefficient (Wildman–Crippen LogP) is 3.64. The highest BCUT2D eigenvalue weighted by atomic mass is 35.5. The van der Waals surface area contributed by atoms with Crippen LogP contribution >= 0.6 is 22.9 Å². The molecule has 0 aliphatic heterocycles. The third kappa shape index (κ3) is 4.03. The number of esters is 1. The fourth-order valence-corrected chi connectivity index (χ4v) is 2.53. The molecule has 1 heterocycles. The van der Waals surface area contributed by atoms with Gasteiger partial charge in [0, 0.05) is 5.02 Å². The van der Waals surface area contributed by atoms with E-state index in [-0.39, 0.29) is 10.7 Å². The van der Waals surface area contributed by atoms with Crippen molar-refractivity contribution in [2.45, 2.75) is 6.92 Å². The predicted molar refractivity (Wildman–Crippen MR) is 79.4 cm³/mol. The lowest BCUT2D eigenvalue weighted by Crippen LogP contribution is -2.21. The first-order valence-electron chi connectivity index (χ1n) is 5.93. The summed E-state index contributed by atoms with van der Waals surface area (Å²) in [4.78, 5) is 23.8. The van der Waals surface area contributed by atoms with Gasteiger partial charge in [-0.2, -0.15) is 0 Å². The molecule has 0 atom stereocenters. The van der Waals surface area contributed by atoms with Gasteiger partial charge in [0.2, 0.25) is 0 Å². The molecule has 0 aliphatic rings. The molecule has 4 nitrogen and oxygen atoms in total. The number of hydrogen-bond donors (Lipinski definition) is 1. The molecule has 0 spiro atoms. The third-order valence-electron chi connectivity index (χ3n) is 2.59. The van der Waals surface area contributed by atoms with Gasteiger partial charge in [-0.15, -0.1) is 11.3 Å². The van der Waals surface area contributed by atoms with E-state index in [0.717, 1.165) is 11.6 Å². The molecule has 0 fully saturated rings. The first-order chi connectivity index (χ1) is 9.97. The summed E-state index contributed by atoms with van der Waals surface area (Å²) in [5.74, 6) is -1.86. The van der Waals surface area contributed by atoms with E-state index in [1.54, 1.807) is 18.4 Å². The van der Waals surface area contributed by atoms with Crippen molar-refractivity contribution >= 4 is 40.5 Å². The monoisotopic (exact) mass is 327 g/mol. The summed E-state index contributed by atoms with van der Waals surface area (Å²) < 4.78 is 18.4. The van der Waals surface area contributed by atoms with Gasteiger partial charge in [-0.25, -0.2) is 9.18 Å². The van der Waals surface area contributed by atoms with Crippen molar-refractivity contribution in [1.29, 1.82) is 0 Å². The normalized spacial score (nSPS) is 10.2. The molecular formula is C14H11ClFNO3S. The maximum absolute atomic E-state index is 13.5. The van der Waals surface area contributed by atoms with Crippen LogP contribution < -0.4 is 5.32 Å². The minimum Gasteiger partial charge on any atom is -0.451 e. The Bertz CT molecular complexity index is 687. The zero-order chi connectivity index (χ0) is 15.4. The molecule has 7 heteroatoms. The van der Waals surface area contributed by atoms with Crippen LogP contribution in [-0.4, -0.2) is 18.5 Å². The van der Waals surface area contributed by atoms with E-state index in [9.17, 15) is 14.0 Å². The van der Waals surface area contributed by atoms with E-state index in [4.69, 9.17) is 16.3 Å². The number of rotatable bonds is 4. The lowest BCUT2D eigenvalue weighted by molar-refractivity contribution is -0.119. The van der Waals surface area contributed by atoms with Crippen LogP contribution in [0.5, 0.6) is 0 Å². The minimum absolute atomic E-state index is 0.0206. The maximum Gasteiger partial charge on any atom is 0.349 e. The lowest BCUT2D eigenvalue weighted by Gasteiger charge is -2.07. The van der Waals surface area contributed by atoms with Crippen molar-refractivity contribution in [2.75, 3.05) is 11.9 Å². The number of benzene rings is 1. The Morgan fingerprint density at radius 2 is 2.14 bits per heavy atom. The highest BCUT2D eigenvalue weighted by Crippen LogP contribution is 2.19. The Labute approximate surface area is 129 Å². The van der Waals surface area contributed by atoms with Crippen molar-refractivity contribution in [2.24, 2.45) is 0 Å². The van der Waals surface area contributed by atoms with Gasteiger partial charge in [0.05, 0.1) is 5.69 Å². The second kappa shape index (κ2) is 6.69. The number of anilines is 1. The number of nitrogens with one attached hydrogen (secondary N) is 1. The van der Waals surface area contributed by atoms with Gasteiger partial charge in [-0.3, -0.25) is 4.79 Å². The van der Waals surface area contributed by atoms with Gasteiger partial charge >= 0.3 is 5.97 Å². The number of ether oxygens (including phenoxy) is 1. The molecule has 0 saturated heterocycles. The average Bonchev–Trinajstić information content (AvgIpc) is 2.85. The van der Waals surface area contributed by atoms with Crippen molar-refractivity contribution in [3.63, 3.8) is 0 Å². The van der Waals surface area contributed by atoms with Gasteiger partial charge in [0.1, 0.15) is 10.7 Å². The molecule has 0 bridgehead atoms. The van der Waals surface area contributed by atoms with Crippen LogP contribution in [0, 0.1) is 12.7 Å². The van der Waals surface area contributed by atoms with Crippen LogP contribution in [0.4, 0.5) is 10.1 Å². The highest BCUT2D eigenvalue weighted by Gasteiger charge is 2.14. The Hall–Kier alpha value is -1.92. The smallest absolute Gasteiger partial charge is 0.349 e. The summed E-state index contributed by atoms with van der Waals surface area (Å²) >= 11 is 6.84. The van der Waals surface area contributed by atoms with E-state index in [2.05, 4.69) is 5.32 Å². The summed E-state index contributed by atoms with van der Waals surface area (Å²) in [5.41, 5.74) is 0.766. The largest absolute Gasteiger partial charge is 0.451 e. The van der Waals surface area contributed by atoms with Crippen molar-refractivity contribution in [3.8, 4) is 0 Å². The van der Waals surface area contributed by atoms with Crippen LogP contribution in [0.1, 0.15) is 15.2 Å². The van der Waals surface area contributed by atoms with E-state index in [1.807, 2.05) is 0 Å². The molecule has 2 aromatic rings.